The zero-order valence-corrected chi connectivity index (χ0v) is 34.2. The number of hydrogen-bond acceptors (Lipinski definition) is 7. The molecular weight excluding hydrogens is 696 g/mol. The number of hydrogen-bond donors (Lipinski definition) is 4. The Bertz CT molecular complexity index is 1980. The Morgan fingerprint density at radius 3 is 1.41 bits per heavy atom. The van der Waals surface area contributed by atoms with Crippen LogP contribution in [0.1, 0.15) is 179 Å². The van der Waals surface area contributed by atoms with Gasteiger partial charge >= 0.3 is 0 Å². The Labute approximate surface area is 325 Å². The van der Waals surface area contributed by atoms with Gasteiger partial charge in [-0.1, -0.05) is 131 Å². The third-order valence-electron chi connectivity index (χ3n) is 10.5. The Kier molecular flexibility index (Phi) is 13.2. The van der Waals surface area contributed by atoms with Crippen molar-refractivity contribution in [1.82, 2.24) is 0 Å². The minimum atomic E-state index is -0.885. The monoisotopic (exact) mass is 752 g/mol. The molecule has 0 fully saturated rings. The molecule has 0 atom stereocenters. The van der Waals surface area contributed by atoms with E-state index in [4.69, 9.17) is 0 Å². The van der Waals surface area contributed by atoms with Crippen molar-refractivity contribution in [3.8, 4) is 11.5 Å². The van der Waals surface area contributed by atoms with Gasteiger partial charge in [0.25, 0.3) is 0 Å². The molecule has 0 aliphatic heterocycles. The molecule has 4 N–H and O–H groups in total. The maximum Gasteiger partial charge on any atom is 0.201 e. The summed E-state index contributed by atoms with van der Waals surface area (Å²) in [6.45, 7) is 19.0. The van der Waals surface area contributed by atoms with Gasteiger partial charge in [-0.25, -0.2) is 4.39 Å². The highest BCUT2D eigenvalue weighted by molar-refractivity contribution is 7.99. The highest BCUT2D eigenvalue weighted by atomic mass is 32.2. The molecule has 1 aliphatic carbocycles. The molecule has 0 heterocycles. The van der Waals surface area contributed by atoms with Crippen molar-refractivity contribution >= 4 is 46.1 Å². The van der Waals surface area contributed by atoms with E-state index in [0.29, 0.717) is 16.3 Å². The van der Waals surface area contributed by atoms with Crippen LogP contribution in [-0.4, -0.2) is 27.5 Å². The first-order chi connectivity index (χ1) is 25.7. The molecule has 1 aliphatic rings. The standard InChI is InChI=1S/C46H57FN2O4S/c1-10-11-12-13-14-15-24-54-46-38-37(44(52)35-33(50)22-23-34(51)36(35)45(38)53)39(47)42(48-40-29(25(2)3)18-16-19-30(40)26(4)5)43(46)49-41-31(27(6)7)20-17-21-32(41)28(8)9/h16-23,25-28,48-51H,10-15,24H2,1-9H3. The predicted molar refractivity (Wildman–Crippen MR) is 223 cm³/mol. The van der Waals surface area contributed by atoms with Crippen LogP contribution in [0.5, 0.6) is 11.5 Å². The van der Waals surface area contributed by atoms with E-state index in [1.807, 2.05) is 24.3 Å². The van der Waals surface area contributed by atoms with Crippen LogP contribution in [0.25, 0.3) is 0 Å². The summed E-state index contributed by atoms with van der Waals surface area (Å²) in [7, 11) is 0. The second kappa shape index (κ2) is 17.4. The maximum absolute atomic E-state index is 17.8. The number of unbranched alkanes of at least 4 members (excludes halogenated alkanes) is 5. The van der Waals surface area contributed by atoms with E-state index < -0.39 is 34.4 Å². The molecule has 0 radical (unpaired) electrons. The number of anilines is 4. The van der Waals surface area contributed by atoms with Crippen LogP contribution in [0, 0.1) is 5.82 Å². The SMILES string of the molecule is CCCCCCCCSc1c(Nc2c(C(C)C)cccc2C(C)C)c(Nc2c(C(C)C)cccc2C(C)C)c(F)c2c1C(=O)c1c(O)ccc(O)c1C2=O. The van der Waals surface area contributed by atoms with Crippen LogP contribution < -0.4 is 10.6 Å². The fourth-order valence-electron chi connectivity index (χ4n) is 7.50. The topological polar surface area (TPSA) is 98.7 Å². The lowest BCUT2D eigenvalue weighted by Crippen LogP contribution is -2.25. The number of nitrogens with one attached hydrogen (secondary N) is 2. The number of aromatic hydroxyl groups is 2. The van der Waals surface area contributed by atoms with Crippen LogP contribution in [0.2, 0.25) is 0 Å². The maximum atomic E-state index is 17.8. The van der Waals surface area contributed by atoms with Gasteiger partial charge < -0.3 is 20.8 Å². The molecule has 0 bridgehead atoms. The van der Waals surface area contributed by atoms with E-state index in [2.05, 4.69) is 85.1 Å². The normalized spacial score (nSPS) is 12.6. The van der Waals surface area contributed by atoms with Gasteiger partial charge in [0, 0.05) is 16.3 Å². The van der Waals surface area contributed by atoms with Crippen molar-refractivity contribution in [1.29, 1.82) is 0 Å². The molecule has 4 aromatic carbocycles. The number of phenols is 2. The van der Waals surface area contributed by atoms with Crippen LogP contribution in [0.15, 0.2) is 53.4 Å². The number of halogens is 1. The molecule has 0 amide bonds. The molecule has 0 saturated carbocycles. The molecule has 0 aromatic heterocycles. The second-order valence-corrected chi connectivity index (χ2v) is 16.9. The van der Waals surface area contributed by atoms with E-state index in [9.17, 15) is 19.8 Å². The van der Waals surface area contributed by atoms with Gasteiger partial charge in [-0.05, 0) is 70.2 Å². The summed E-state index contributed by atoms with van der Waals surface area (Å²) >= 11 is 1.43. The fraction of sp³-hybridized carbons (Fsp3) is 0.435. The summed E-state index contributed by atoms with van der Waals surface area (Å²) in [6.07, 6.45) is 6.43. The molecule has 288 valence electrons. The lowest BCUT2D eigenvalue weighted by atomic mass is 9.81. The van der Waals surface area contributed by atoms with Crippen molar-refractivity contribution in [2.24, 2.45) is 0 Å². The first-order valence-corrected chi connectivity index (χ1v) is 20.7. The molecule has 4 aromatic rings. The largest absolute Gasteiger partial charge is 0.507 e. The lowest BCUT2D eigenvalue weighted by Gasteiger charge is -2.30. The van der Waals surface area contributed by atoms with E-state index in [1.54, 1.807) is 0 Å². The minimum absolute atomic E-state index is 0.0618. The quantitative estimate of drug-likeness (QED) is 0.0452. The summed E-state index contributed by atoms with van der Waals surface area (Å²) < 4.78 is 17.8. The Morgan fingerprint density at radius 1 is 0.556 bits per heavy atom. The average molecular weight is 753 g/mol. The molecule has 0 saturated heterocycles. The number of para-hydroxylation sites is 2. The highest BCUT2D eigenvalue weighted by Gasteiger charge is 2.41. The van der Waals surface area contributed by atoms with Gasteiger partial charge in [0.05, 0.1) is 27.9 Å². The van der Waals surface area contributed by atoms with Gasteiger partial charge in [-0.3, -0.25) is 9.59 Å². The van der Waals surface area contributed by atoms with E-state index in [0.717, 1.165) is 71.8 Å². The van der Waals surface area contributed by atoms with Gasteiger partial charge in [0.2, 0.25) is 5.78 Å². The van der Waals surface area contributed by atoms with Crippen molar-refractivity contribution in [3.05, 3.63) is 98.9 Å². The average Bonchev–Trinajstić information content (AvgIpc) is 3.12. The zero-order valence-electron chi connectivity index (χ0n) is 33.4. The minimum Gasteiger partial charge on any atom is -0.507 e. The van der Waals surface area contributed by atoms with Crippen LogP contribution in [0.4, 0.5) is 27.1 Å². The first-order valence-electron chi connectivity index (χ1n) is 19.7. The summed E-state index contributed by atoms with van der Waals surface area (Å²) in [5, 5.41) is 29.1. The summed E-state index contributed by atoms with van der Waals surface area (Å²) in [4.78, 5) is 29.6. The zero-order chi connectivity index (χ0) is 39.4. The summed E-state index contributed by atoms with van der Waals surface area (Å²) in [5.74, 6) is -2.29. The predicted octanol–water partition coefficient (Wildman–Crippen LogP) is 13.4. The Hall–Kier alpha value is -4.30. The Morgan fingerprint density at radius 2 is 0.963 bits per heavy atom. The number of ketones is 2. The number of benzene rings is 4. The third kappa shape index (κ3) is 8.05. The fourth-order valence-corrected chi connectivity index (χ4v) is 8.68. The highest BCUT2D eigenvalue weighted by Crippen LogP contribution is 2.51. The smallest absolute Gasteiger partial charge is 0.201 e. The number of carbonyl (C=O) groups is 2. The molecule has 8 heteroatoms. The van der Waals surface area contributed by atoms with Crippen molar-refractivity contribution < 1.29 is 24.2 Å². The third-order valence-corrected chi connectivity index (χ3v) is 11.6. The van der Waals surface area contributed by atoms with Crippen LogP contribution in [-0.2, 0) is 0 Å². The van der Waals surface area contributed by atoms with Gasteiger partial charge in [0.15, 0.2) is 11.6 Å². The van der Waals surface area contributed by atoms with Crippen LogP contribution >= 0.6 is 11.8 Å². The van der Waals surface area contributed by atoms with Gasteiger partial charge in [-0.15, -0.1) is 11.8 Å². The number of carbonyl (C=O) groups excluding carboxylic acids is 2. The first kappa shape index (κ1) is 40.9. The van der Waals surface area contributed by atoms with Gasteiger partial charge in [-0.2, -0.15) is 0 Å². The lowest BCUT2D eigenvalue weighted by molar-refractivity contribution is 0.0968. The number of rotatable bonds is 16. The summed E-state index contributed by atoms with van der Waals surface area (Å²) in [6, 6.07) is 14.6. The molecular formula is C46H57FN2O4S. The molecule has 0 spiro atoms. The summed E-state index contributed by atoms with van der Waals surface area (Å²) in [5.41, 5.74) is 4.90. The van der Waals surface area contributed by atoms with Crippen molar-refractivity contribution in [2.75, 3.05) is 16.4 Å². The van der Waals surface area contributed by atoms with Crippen molar-refractivity contribution in [3.63, 3.8) is 0 Å². The molecule has 54 heavy (non-hydrogen) atoms. The van der Waals surface area contributed by atoms with E-state index >= 15 is 4.39 Å². The molecule has 5 rings (SSSR count). The number of thioether (sulfide) groups is 1. The van der Waals surface area contributed by atoms with Crippen molar-refractivity contribution in [2.45, 2.75) is 129 Å². The second-order valence-electron chi connectivity index (χ2n) is 15.8. The Balaban J connectivity index is 1.87. The van der Waals surface area contributed by atoms with Crippen LogP contribution in [0.3, 0.4) is 0 Å². The van der Waals surface area contributed by atoms with Gasteiger partial charge in [0.1, 0.15) is 17.2 Å². The van der Waals surface area contributed by atoms with E-state index in [-0.39, 0.29) is 46.0 Å². The molecule has 6 nitrogen and oxygen atoms in total. The number of phenolic OH excluding ortho intramolecular Hbond substituents is 2. The van der Waals surface area contributed by atoms with E-state index in [1.165, 1.54) is 24.2 Å². The number of fused-ring (bicyclic) bond motifs is 2. The molecule has 0 unspecified atom stereocenters.